The molecular weight excluding hydrogens is 222 g/mol. The molecule has 2 aliphatic rings. The van der Waals surface area contributed by atoms with Crippen molar-refractivity contribution in [3.05, 3.63) is 34.9 Å². The van der Waals surface area contributed by atoms with Gasteiger partial charge in [-0.15, -0.1) is 0 Å². The molecule has 0 bridgehead atoms. The van der Waals surface area contributed by atoms with E-state index in [1.54, 1.807) is 11.1 Å². The van der Waals surface area contributed by atoms with Crippen LogP contribution in [0.15, 0.2) is 18.2 Å². The van der Waals surface area contributed by atoms with Crippen LogP contribution in [0, 0.1) is 0 Å². The summed E-state index contributed by atoms with van der Waals surface area (Å²) in [5.41, 5.74) is 4.71. The first-order valence-electron chi connectivity index (χ1n) is 7.17. The van der Waals surface area contributed by atoms with Crippen LogP contribution in [-0.4, -0.2) is 44.2 Å². The number of nitrogens with one attached hydrogen (secondary N) is 2. The summed E-state index contributed by atoms with van der Waals surface area (Å²) in [5, 5.41) is 6.87. The van der Waals surface area contributed by atoms with Gasteiger partial charge in [-0.2, -0.15) is 0 Å². The molecule has 2 aliphatic heterocycles. The van der Waals surface area contributed by atoms with E-state index in [1.807, 2.05) is 0 Å². The van der Waals surface area contributed by atoms with E-state index in [0.29, 0.717) is 0 Å². The van der Waals surface area contributed by atoms with E-state index in [1.165, 1.54) is 38.0 Å². The van der Waals surface area contributed by atoms with Crippen molar-refractivity contribution in [2.45, 2.75) is 19.4 Å². The van der Waals surface area contributed by atoms with Crippen molar-refractivity contribution in [2.75, 3.05) is 39.3 Å². The Bertz CT molecular complexity index is 397. The number of rotatable bonds is 3. The quantitative estimate of drug-likeness (QED) is 0.824. The highest BCUT2D eigenvalue weighted by Crippen LogP contribution is 2.19. The maximum atomic E-state index is 3.45. The van der Waals surface area contributed by atoms with E-state index >= 15 is 0 Å². The highest BCUT2D eigenvalue weighted by Gasteiger charge is 2.14. The van der Waals surface area contributed by atoms with Crippen molar-refractivity contribution >= 4 is 0 Å². The van der Waals surface area contributed by atoms with Gasteiger partial charge in [-0.1, -0.05) is 18.2 Å². The number of hydrogen-bond acceptors (Lipinski definition) is 3. The fourth-order valence-electron chi connectivity index (χ4n) is 3.06. The van der Waals surface area contributed by atoms with Crippen LogP contribution in [0.1, 0.15) is 16.7 Å². The Balaban J connectivity index is 1.65. The summed E-state index contributed by atoms with van der Waals surface area (Å²) in [6.07, 6.45) is 2.41. The van der Waals surface area contributed by atoms with E-state index in [-0.39, 0.29) is 0 Å². The molecule has 0 unspecified atom stereocenters. The molecule has 3 rings (SSSR count). The lowest BCUT2D eigenvalue weighted by atomic mass is 9.94. The Labute approximate surface area is 110 Å². The number of hydrogen-bond donors (Lipinski definition) is 2. The average Bonchev–Trinajstić information content (AvgIpc) is 2.46. The highest BCUT2D eigenvalue weighted by molar-refractivity contribution is 5.37. The van der Waals surface area contributed by atoms with Gasteiger partial charge in [-0.25, -0.2) is 0 Å². The molecule has 18 heavy (non-hydrogen) atoms. The summed E-state index contributed by atoms with van der Waals surface area (Å²) in [6.45, 7) is 8.11. The first-order valence-corrected chi connectivity index (χ1v) is 7.17. The number of benzene rings is 1. The second-order valence-electron chi connectivity index (χ2n) is 5.32. The Morgan fingerprint density at radius 3 is 2.83 bits per heavy atom. The van der Waals surface area contributed by atoms with Gasteiger partial charge in [0.1, 0.15) is 0 Å². The van der Waals surface area contributed by atoms with Crippen LogP contribution in [0.3, 0.4) is 0 Å². The zero-order valence-corrected chi connectivity index (χ0v) is 11.0. The molecule has 0 radical (unpaired) electrons. The van der Waals surface area contributed by atoms with Gasteiger partial charge in [-0.3, -0.25) is 0 Å². The molecule has 1 saturated heterocycles. The summed E-state index contributed by atoms with van der Waals surface area (Å²) >= 11 is 0. The van der Waals surface area contributed by atoms with Gasteiger partial charge in [-0.05, 0) is 36.1 Å². The lowest BCUT2D eigenvalue weighted by Crippen LogP contribution is -2.44. The van der Waals surface area contributed by atoms with E-state index in [2.05, 4.69) is 33.7 Å². The SMILES string of the molecule is c1cc(CCN2CCNCC2)c2c(c1)CNCC2. The predicted molar refractivity (Wildman–Crippen MR) is 74.9 cm³/mol. The standard InChI is InChI=1S/C15H23N3/c1-2-13(5-9-18-10-7-16-8-11-18)15-4-6-17-12-14(15)3-1/h1-3,16-17H,4-12H2. The van der Waals surface area contributed by atoms with Gasteiger partial charge in [0.15, 0.2) is 0 Å². The molecule has 3 heteroatoms. The van der Waals surface area contributed by atoms with Gasteiger partial charge < -0.3 is 15.5 Å². The zero-order chi connectivity index (χ0) is 12.2. The summed E-state index contributed by atoms with van der Waals surface area (Å²) < 4.78 is 0. The Morgan fingerprint density at radius 2 is 1.94 bits per heavy atom. The summed E-state index contributed by atoms with van der Waals surface area (Å²) in [6, 6.07) is 6.82. The molecule has 1 fully saturated rings. The maximum Gasteiger partial charge on any atom is 0.0208 e. The van der Waals surface area contributed by atoms with Gasteiger partial charge in [0.2, 0.25) is 0 Å². The minimum absolute atomic E-state index is 1.05. The number of piperazine rings is 1. The van der Waals surface area contributed by atoms with Crippen molar-refractivity contribution in [1.29, 1.82) is 0 Å². The van der Waals surface area contributed by atoms with E-state index in [9.17, 15) is 0 Å². The molecule has 2 heterocycles. The molecule has 0 saturated carbocycles. The predicted octanol–water partition coefficient (Wildman–Crippen LogP) is 0.780. The van der Waals surface area contributed by atoms with Crippen LogP contribution >= 0.6 is 0 Å². The molecule has 1 aromatic rings. The molecule has 1 aromatic carbocycles. The molecule has 0 atom stereocenters. The van der Waals surface area contributed by atoms with Gasteiger partial charge in [0.25, 0.3) is 0 Å². The van der Waals surface area contributed by atoms with Crippen molar-refractivity contribution in [1.82, 2.24) is 15.5 Å². The van der Waals surface area contributed by atoms with Crippen LogP contribution in [0.2, 0.25) is 0 Å². The maximum absolute atomic E-state index is 3.45. The Hall–Kier alpha value is -0.900. The molecular formula is C15H23N3. The topological polar surface area (TPSA) is 27.3 Å². The minimum Gasteiger partial charge on any atom is -0.314 e. The van der Waals surface area contributed by atoms with Crippen molar-refractivity contribution in [3.63, 3.8) is 0 Å². The third kappa shape index (κ3) is 2.74. The second-order valence-corrected chi connectivity index (χ2v) is 5.32. The molecule has 3 nitrogen and oxygen atoms in total. The zero-order valence-electron chi connectivity index (χ0n) is 11.0. The molecule has 98 valence electrons. The smallest absolute Gasteiger partial charge is 0.0208 e. The fraction of sp³-hybridized carbons (Fsp3) is 0.600. The molecule has 0 aliphatic carbocycles. The molecule has 0 aromatic heterocycles. The van der Waals surface area contributed by atoms with E-state index < -0.39 is 0 Å². The monoisotopic (exact) mass is 245 g/mol. The molecule has 2 N–H and O–H groups in total. The summed E-state index contributed by atoms with van der Waals surface area (Å²) in [4.78, 5) is 2.58. The van der Waals surface area contributed by atoms with E-state index in [4.69, 9.17) is 0 Å². The average molecular weight is 245 g/mol. The lowest BCUT2D eigenvalue weighted by Gasteiger charge is -2.28. The first-order chi connectivity index (χ1) is 8.93. The fourth-order valence-corrected chi connectivity index (χ4v) is 3.06. The highest BCUT2D eigenvalue weighted by atomic mass is 15.2. The van der Waals surface area contributed by atoms with Crippen LogP contribution in [0.5, 0.6) is 0 Å². The number of fused-ring (bicyclic) bond motifs is 1. The Morgan fingerprint density at radius 1 is 1.06 bits per heavy atom. The molecule has 0 amide bonds. The first kappa shape index (κ1) is 12.2. The van der Waals surface area contributed by atoms with Crippen LogP contribution in [0.25, 0.3) is 0 Å². The third-order valence-electron chi connectivity index (χ3n) is 4.14. The number of nitrogens with zero attached hydrogens (tertiary/aromatic N) is 1. The molecule has 0 spiro atoms. The largest absolute Gasteiger partial charge is 0.314 e. The van der Waals surface area contributed by atoms with Crippen LogP contribution in [-0.2, 0) is 19.4 Å². The minimum atomic E-state index is 1.05. The van der Waals surface area contributed by atoms with Gasteiger partial charge >= 0.3 is 0 Å². The van der Waals surface area contributed by atoms with Crippen molar-refractivity contribution < 1.29 is 0 Å². The van der Waals surface area contributed by atoms with Gasteiger partial charge in [0.05, 0.1) is 0 Å². The lowest BCUT2D eigenvalue weighted by molar-refractivity contribution is 0.243. The van der Waals surface area contributed by atoms with Crippen molar-refractivity contribution in [3.8, 4) is 0 Å². The third-order valence-corrected chi connectivity index (χ3v) is 4.14. The van der Waals surface area contributed by atoms with E-state index in [0.717, 1.165) is 26.2 Å². The normalized spacial score (nSPS) is 20.7. The Kier molecular flexibility index (Phi) is 3.93. The van der Waals surface area contributed by atoms with Crippen molar-refractivity contribution in [2.24, 2.45) is 0 Å². The summed E-state index contributed by atoms with van der Waals surface area (Å²) in [7, 11) is 0. The second kappa shape index (κ2) is 5.83. The summed E-state index contributed by atoms with van der Waals surface area (Å²) in [5.74, 6) is 0. The van der Waals surface area contributed by atoms with Crippen LogP contribution < -0.4 is 10.6 Å². The van der Waals surface area contributed by atoms with Gasteiger partial charge in [0, 0.05) is 39.3 Å². The van der Waals surface area contributed by atoms with Crippen LogP contribution in [0.4, 0.5) is 0 Å².